The van der Waals surface area contributed by atoms with Gasteiger partial charge in [-0.3, -0.25) is 14.2 Å². The predicted octanol–water partition coefficient (Wildman–Crippen LogP) is 2.21. The molecule has 8 heteroatoms. The molecule has 0 bridgehead atoms. The number of hydrogen-bond donors (Lipinski definition) is 0. The van der Waals surface area contributed by atoms with E-state index in [-0.39, 0.29) is 17.8 Å². The van der Waals surface area contributed by atoms with E-state index in [1.165, 1.54) is 27.9 Å². The SMILES string of the molecule is COc1ccc(CN(C)C(=O)Cn2cnc3ccc(F)cc3c2=O)cc1OC. The highest BCUT2D eigenvalue weighted by atomic mass is 19.1. The molecular formula is C20H20FN3O4. The van der Waals surface area contributed by atoms with Crippen LogP contribution in [0.25, 0.3) is 10.9 Å². The van der Waals surface area contributed by atoms with Crippen LogP contribution in [0.4, 0.5) is 4.39 Å². The molecule has 3 aromatic rings. The van der Waals surface area contributed by atoms with Gasteiger partial charge in [0.05, 0.1) is 31.4 Å². The van der Waals surface area contributed by atoms with Gasteiger partial charge in [-0.05, 0) is 35.9 Å². The molecule has 0 aliphatic carbocycles. The zero-order valence-corrected chi connectivity index (χ0v) is 15.8. The van der Waals surface area contributed by atoms with Crippen molar-refractivity contribution in [3.05, 3.63) is 64.5 Å². The summed E-state index contributed by atoms with van der Waals surface area (Å²) in [7, 11) is 4.73. The Morgan fingerprint density at radius 2 is 1.89 bits per heavy atom. The summed E-state index contributed by atoms with van der Waals surface area (Å²) in [5, 5.41) is 0.137. The van der Waals surface area contributed by atoms with Crippen molar-refractivity contribution in [2.24, 2.45) is 0 Å². The fraction of sp³-hybridized carbons (Fsp3) is 0.250. The molecule has 0 saturated carbocycles. The molecular weight excluding hydrogens is 365 g/mol. The number of nitrogens with zero attached hydrogens (tertiary/aromatic N) is 3. The van der Waals surface area contributed by atoms with E-state index in [0.717, 1.165) is 11.6 Å². The van der Waals surface area contributed by atoms with Crippen molar-refractivity contribution < 1.29 is 18.7 Å². The van der Waals surface area contributed by atoms with Gasteiger partial charge in [0.2, 0.25) is 5.91 Å². The van der Waals surface area contributed by atoms with Crippen molar-refractivity contribution >= 4 is 16.8 Å². The summed E-state index contributed by atoms with van der Waals surface area (Å²) in [6.45, 7) is 0.131. The largest absolute Gasteiger partial charge is 0.493 e. The van der Waals surface area contributed by atoms with E-state index in [1.807, 2.05) is 6.07 Å². The lowest BCUT2D eigenvalue weighted by molar-refractivity contribution is -0.131. The third-order valence-corrected chi connectivity index (χ3v) is 4.39. The van der Waals surface area contributed by atoms with Crippen LogP contribution < -0.4 is 15.0 Å². The average molecular weight is 385 g/mol. The van der Waals surface area contributed by atoms with Crippen LogP contribution in [0.5, 0.6) is 11.5 Å². The Bertz CT molecular complexity index is 1080. The highest BCUT2D eigenvalue weighted by Crippen LogP contribution is 2.27. The third kappa shape index (κ3) is 3.95. The molecule has 28 heavy (non-hydrogen) atoms. The number of methoxy groups -OCH3 is 2. The van der Waals surface area contributed by atoms with E-state index in [4.69, 9.17) is 9.47 Å². The maximum absolute atomic E-state index is 13.4. The lowest BCUT2D eigenvalue weighted by Crippen LogP contribution is -2.33. The number of likely N-dealkylation sites (N-methyl/N-ethyl adjacent to an activating group) is 1. The molecule has 1 amide bonds. The molecule has 0 fully saturated rings. The Hall–Kier alpha value is -3.42. The van der Waals surface area contributed by atoms with Crippen LogP contribution in [-0.4, -0.2) is 41.6 Å². The average Bonchev–Trinajstić information content (AvgIpc) is 2.70. The highest BCUT2D eigenvalue weighted by Gasteiger charge is 2.14. The van der Waals surface area contributed by atoms with Crippen LogP contribution in [0.3, 0.4) is 0 Å². The summed E-state index contributed by atoms with van der Waals surface area (Å²) < 4.78 is 25.1. The summed E-state index contributed by atoms with van der Waals surface area (Å²) in [6.07, 6.45) is 1.30. The molecule has 0 aliphatic rings. The molecule has 0 N–H and O–H groups in total. The molecule has 0 unspecified atom stereocenters. The number of carbonyl (C=O) groups excluding carboxylic acids is 1. The Morgan fingerprint density at radius 3 is 2.61 bits per heavy atom. The second-order valence-corrected chi connectivity index (χ2v) is 6.28. The van der Waals surface area contributed by atoms with E-state index in [9.17, 15) is 14.0 Å². The maximum atomic E-state index is 13.4. The molecule has 7 nitrogen and oxygen atoms in total. The molecule has 1 heterocycles. The number of hydrogen-bond acceptors (Lipinski definition) is 5. The summed E-state index contributed by atoms with van der Waals surface area (Å²) in [5.41, 5.74) is 0.769. The van der Waals surface area contributed by atoms with Crippen molar-refractivity contribution in [3.63, 3.8) is 0 Å². The van der Waals surface area contributed by atoms with E-state index in [2.05, 4.69) is 4.98 Å². The maximum Gasteiger partial charge on any atom is 0.261 e. The lowest BCUT2D eigenvalue weighted by Gasteiger charge is -2.19. The normalized spacial score (nSPS) is 10.7. The van der Waals surface area contributed by atoms with E-state index >= 15 is 0 Å². The van der Waals surface area contributed by atoms with Gasteiger partial charge >= 0.3 is 0 Å². The number of carbonyl (C=O) groups is 1. The monoisotopic (exact) mass is 385 g/mol. The quantitative estimate of drug-likeness (QED) is 0.651. The number of benzene rings is 2. The lowest BCUT2D eigenvalue weighted by atomic mass is 10.2. The Labute approximate surface area is 160 Å². The second kappa shape index (κ2) is 8.08. The van der Waals surface area contributed by atoms with Crippen LogP contribution in [-0.2, 0) is 17.9 Å². The Kier molecular flexibility index (Phi) is 5.58. The number of aromatic nitrogens is 2. The minimum atomic E-state index is -0.527. The van der Waals surface area contributed by atoms with Gasteiger partial charge in [-0.25, -0.2) is 9.37 Å². The van der Waals surface area contributed by atoms with Gasteiger partial charge in [0.15, 0.2) is 11.5 Å². The zero-order valence-electron chi connectivity index (χ0n) is 15.8. The first-order chi connectivity index (χ1) is 13.4. The number of amides is 1. The minimum absolute atomic E-state index is 0.137. The topological polar surface area (TPSA) is 73.7 Å². The molecule has 0 spiro atoms. The number of rotatable bonds is 6. The molecule has 3 rings (SSSR count). The summed E-state index contributed by atoms with van der Waals surface area (Å²) in [5.74, 6) is 0.356. The minimum Gasteiger partial charge on any atom is -0.493 e. The summed E-state index contributed by atoms with van der Waals surface area (Å²) in [6, 6.07) is 9.17. The molecule has 146 valence electrons. The van der Waals surface area contributed by atoms with E-state index < -0.39 is 11.4 Å². The fourth-order valence-electron chi connectivity index (χ4n) is 2.85. The molecule has 1 aromatic heterocycles. The van der Waals surface area contributed by atoms with Crippen LogP contribution in [0.15, 0.2) is 47.5 Å². The van der Waals surface area contributed by atoms with Gasteiger partial charge in [-0.1, -0.05) is 6.07 Å². The number of ether oxygens (including phenoxy) is 2. The van der Waals surface area contributed by atoms with Crippen molar-refractivity contribution in [2.75, 3.05) is 21.3 Å². The van der Waals surface area contributed by atoms with Crippen molar-refractivity contribution in [2.45, 2.75) is 13.1 Å². The predicted molar refractivity (Wildman–Crippen MR) is 102 cm³/mol. The van der Waals surface area contributed by atoms with Gasteiger partial charge in [-0.2, -0.15) is 0 Å². The molecule has 0 atom stereocenters. The van der Waals surface area contributed by atoms with Gasteiger partial charge in [0, 0.05) is 13.6 Å². The van der Waals surface area contributed by atoms with Gasteiger partial charge in [0.25, 0.3) is 5.56 Å². The summed E-state index contributed by atoms with van der Waals surface area (Å²) in [4.78, 5) is 30.7. The Morgan fingerprint density at radius 1 is 1.14 bits per heavy atom. The fourth-order valence-corrected chi connectivity index (χ4v) is 2.85. The third-order valence-electron chi connectivity index (χ3n) is 4.39. The number of halogens is 1. The molecule has 0 aliphatic heterocycles. The first-order valence-electron chi connectivity index (χ1n) is 8.52. The first-order valence-corrected chi connectivity index (χ1v) is 8.52. The van der Waals surface area contributed by atoms with Crippen molar-refractivity contribution in [3.8, 4) is 11.5 Å². The van der Waals surface area contributed by atoms with Gasteiger partial charge in [0.1, 0.15) is 12.4 Å². The van der Waals surface area contributed by atoms with Crippen LogP contribution in [0.1, 0.15) is 5.56 Å². The van der Waals surface area contributed by atoms with E-state index in [1.54, 1.807) is 33.4 Å². The first kappa shape index (κ1) is 19.3. The standard InChI is InChI=1S/C20H20FN3O4/c1-23(10-13-4-7-17(27-2)18(8-13)28-3)19(25)11-24-12-22-16-6-5-14(21)9-15(16)20(24)26/h4-9,12H,10-11H2,1-3H3. The van der Waals surface area contributed by atoms with Crippen LogP contribution in [0.2, 0.25) is 0 Å². The Balaban J connectivity index is 1.77. The zero-order chi connectivity index (χ0) is 20.3. The molecule has 0 radical (unpaired) electrons. The van der Waals surface area contributed by atoms with Crippen molar-refractivity contribution in [1.29, 1.82) is 0 Å². The van der Waals surface area contributed by atoms with E-state index in [0.29, 0.717) is 23.6 Å². The van der Waals surface area contributed by atoms with Crippen LogP contribution in [0, 0.1) is 5.82 Å². The molecule has 2 aromatic carbocycles. The number of fused-ring (bicyclic) bond motifs is 1. The van der Waals surface area contributed by atoms with Gasteiger partial charge < -0.3 is 14.4 Å². The highest BCUT2D eigenvalue weighted by molar-refractivity contribution is 5.79. The van der Waals surface area contributed by atoms with Crippen LogP contribution >= 0.6 is 0 Å². The molecule has 0 saturated heterocycles. The summed E-state index contributed by atoms with van der Waals surface area (Å²) >= 11 is 0. The second-order valence-electron chi connectivity index (χ2n) is 6.28. The smallest absolute Gasteiger partial charge is 0.261 e. The van der Waals surface area contributed by atoms with Gasteiger partial charge in [-0.15, -0.1) is 0 Å². The van der Waals surface area contributed by atoms with Crippen molar-refractivity contribution in [1.82, 2.24) is 14.5 Å².